The molecule has 0 aromatic carbocycles. The minimum Gasteiger partial charge on any atom is -0.258 e. The third kappa shape index (κ3) is 9.97. The van der Waals surface area contributed by atoms with Gasteiger partial charge in [-0.2, -0.15) is 0 Å². The number of aryl methyl sites for hydroxylation is 1. The Balaban J connectivity index is 0.000000534. The van der Waals surface area contributed by atoms with Crippen molar-refractivity contribution in [1.82, 2.24) is 4.98 Å². The van der Waals surface area contributed by atoms with E-state index < -0.39 is 0 Å². The van der Waals surface area contributed by atoms with E-state index in [0.717, 1.165) is 6.42 Å². The summed E-state index contributed by atoms with van der Waals surface area (Å²) in [5, 5.41) is 0. The molecule has 0 spiro atoms. The standard InChI is InChI=1S/C14H23N.C7H16/c1-4-8-12(9-5-2)14-11-7-10-13(6-3)15-14;1-3-5-7-6-4-2/h7,10-12H,4-6,8-9H2,1-3H3;3-7H2,1-2H3. The zero-order valence-corrected chi connectivity index (χ0v) is 15.8. The summed E-state index contributed by atoms with van der Waals surface area (Å²) in [7, 11) is 0. The van der Waals surface area contributed by atoms with E-state index in [0.29, 0.717) is 5.92 Å². The number of nitrogens with zero attached hydrogens (tertiary/aromatic N) is 1. The van der Waals surface area contributed by atoms with Crippen LogP contribution < -0.4 is 0 Å². The first-order valence-corrected chi connectivity index (χ1v) is 9.69. The molecule has 0 aliphatic carbocycles. The van der Waals surface area contributed by atoms with Gasteiger partial charge in [0.25, 0.3) is 0 Å². The Morgan fingerprint density at radius 1 is 0.773 bits per heavy atom. The monoisotopic (exact) mass is 305 g/mol. The van der Waals surface area contributed by atoms with Crippen LogP contribution >= 0.6 is 0 Å². The lowest BCUT2D eigenvalue weighted by Gasteiger charge is -2.15. The molecular weight excluding hydrogens is 266 g/mol. The van der Waals surface area contributed by atoms with Crippen molar-refractivity contribution in [2.75, 3.05) is 0 Å². The van der Waals surface area contributed by atoms with Crippen molar-refractivity contribution in [2.45, 2.75) is 105 Å². The SMILES string of the molecule is CCCC(CCC)c1cccc(CC)n1.CCCCCCC. The maximum absolute atomic E-state index is 4.73. The van der Waals surface area contributed by atoms with Gasteiger partial charge < -0.3 is 0 Å². The van der Waals surface area contributed by atoms with Crippen LogP contribution in [0.5, 0.6) is 0 Å². The van der Waals surface area contributed by atoms with Crippen LogP contribution in [0.4, 0.5) is 0 Å². The number of aromatic nitrogens is 1. The van der Waals surface area contributed by atoms with Gasteiger partial charge in [-0.05, 0) is 31.4 Å². The molecule has 0 aliphatic heterocycles. The van der Waals surface area contributed by atoms with Crippen LogP contribution in [0.15, 0.2) is 18.2 Å². The van der Waals surface area contributed by atoms with Crippen molar-refractivity contribution >= 4 is 0 Å². The summed E-state index contributed by atoms with van der Waals surface area (Å²) in [6, 6.07) is 6.47. The minimum atomic E-state index is 0.673. The first-order chi connectivity index (χ1) is 10.7. The Labute approximate surface area is 139 Å². The number of hydrogen-bond donors (Lipinski definition) is 0. The lowest BCUT2D eigenvalue weighted by Crippen LogP contribution is -2.02. The highest BCUT2D eigenvalue weighted by molar-refractivity contribution is 5.14. The summed E-state index contributed by atoms with van der Waals surface area (Å²) in [4.78, 5) is 4.73. The maximum atomic E-state index is 4.73. The Morgan fingerprint density at radius 3 is 1.82 bits per heavy atom. The van der Waals surface area contributed by atoms with Crippen molar-refractivity contribution in [3.05, 3.63) is 29.6 Å². The molecule has 0 saturated carbocycles. The fourth-order valence-electron chi connectivity index (χ4n) is 2.74. The van der Waals surface area contributed by atoms with Crippen LogP contribution in [0.25, 0.3) is 0 Å². The van der Waals surface area contributed by atoms with E-state index in [1.165, 1.54) is 69.2 Å². The normalized spacial score (nSPS) is 10.5. The fourth-order valence-corrected chi connectivity index (χ4v) is 2.74. The predicted octanol–water partition coefficient (Wildman–Crippen LogP) is 7.30. The molecule has 1 heteroatoms. The lowest BCUT2D eigenvalue weighted by atomic mass is 9.94. The van der Waals surface area contributed by atoms with Crippen LogP contribution in [0.3, 0.4) is 0 Å². The molecule has 0 radical (unpaired) electrons. The molecular formula is C21H39N. The van der Waals surface area contributed by atoms with Gasteiger partial charge in [-0.1, -0.05) is 85.6 Å². The first-order valence-electron chi connectivity index (χ1n) is 9.69. The topological polar surface area (TPSA) is 12.9 Å². The van der Waals surface area contributed by atoms with Crippen molar-refractivity contribution < 1.29 is 0 Å². The van der Waals surface area contributed by atoms with E-state index >= 15 is 0 Å². The summed E-state index contributed by atoms with van der Waals surface area (Å²) in [5.74, 6) is 0.673. The predicted molar refractivity (Wildman–Crippen MR) is 101 cm³/mol. The molecule has 0 atom stereocenters. The maximum Gasteiger partial charge on any atom is 0.0437 e. The third-order valence-electron chi connectivity index (χ3n) is 4.09. The summed E-state index contributed by atoms with van der Waals surface area (Å²) in [6.45, 7) is 11.2. The van der Waals surface area contributed by atoms with Crippen LogP contribution in [0.2, 0.25) is 0 Å². The molecule has 0 amide bonds. The molecule has 22 heavy (non-hydrogen) atoms. The highest BCUT2D eigenvalue weighted by atomic mass is 14.7. The van der Waals surface area contributed by atoms with E-state index in [2.05, 4.69) is 52.8 Å². The van der Waals surface area contributed by atoms with E-state index in [-0.39, 0.29) is 0 Å². The third-order valence-corrected chi connectivity index (χ3v) is 4.09. The molecule has 0 N–H and O–H groups in total. The van der Waals surface area contributed by atoms with E-state index in [1.807, 2.05) is 0 Å². The molecule has 128 valence electrons. The molecule has 0 aliphatic rings. The zero-order chi connectivity index (χ0) is 16.6. The lowest BCUT2D eigenvalue weighted by molar-refractivity contribution is 0.546. The Morgan fingerprint density at radius 2 is 1.36 bits per heavy atom. The second-order valence-electron chi connectivity index (χ2n) is 6.24. The molecule has 1 aromatic heterocycles. The van der Waals surface area contributed by atoms with Gasteiger partial charge in [-0.25, -0.2) is 0 Å². The van der Waals surface area contributed by atoms with Gasteiger partial charge in [-0.15, -0.1) is 0 Å². The fraction of sp³-hybridized carbons (Fsp3) is 0.762. The number of hydrogen-bond acceptors (Lipinski definition) is 1. The van der Waals surface area contributed by atoms with Gasteiger partial charge in [0.2, 0.25) is 0 Å². The summed E-state index contributed by atoms with van der Waals surface area (Å²) in [6.07, 6.45) is 13.1. The number of unbranched alkanes of at least 4 members (excludes halogenated alkanes) is 4. The zero-order valence-electron chi connectivity index (χ0n) is 15.8. The highest BCUT2D eigenvalue weighted by Gasteiger charge is 2.10. The van der Waals surface area contributed by atoms with Crippen LogP contribution in [0.1, 0.15) is 110 Å². The molecule has 1 rings (SSSR count). The average Bonchev–Trinajstić information content (AvgIpc) is 2.56. The number of pyridine rings is 1. The van der Waals surface area contributed by atoms with Crippen molar-refractivity contribution in [2.24, 2.45) is 0 Å². The summed E-state index contributed by atoms with van der Waals surface area (Å²) in [5.41, 5.74) is 2.53. The van der Waals surface area contributed by atoms with Crippen molar-refractivity contribution in [3.63, 3.8) is 0 Å². The van der Waals surface area contributed by atoms with Gasteiger partial charge in [0.15, 0.2) is 0 Å². The summed E-state index contributed by atoms with van der Waals surface area (Å²) >= 11 is 0. The van der Waals surface area contributed by atoms with Gasteiger partial charge >= 0.3 is 0 Å². The van der Waals surface area contributed by atoms with E-state index in [1.54, 1.807) is 0 Å². The minimum absolute atomic E-state index is 0.673. The molecule has 0 bridgehead atoms. The van der Waals surface area contributed by atoms with Crippen LogP contribution in [0, 0.1) is 0 Å². The molecule has 0 fully saturated rings. The first kappa shape index (κ1) is 21.1. The Hall–Kier alpha value is -0.850. The average molecular weight is 306 g/mol. The van der Waals surface area contributed by atoms with Gasteiger partial charge in [-0.3, -0.25) is 4.98 Å². The Bertz CT molecular complexity index is 336. The molecule has 0 unspecified atom stereocenters. The van der Waals surface area contributed by atoms with E-state index in [9.17, 15) is 0 Å². The highest BCUT2D eigenvalue weighted by Crippen LogP contribution is 2.24. The van der Waals surface area contributed by atoms with Crippen molar-refractivity contribution in [3.8, 4) is 0 Å². The Kier molecular flexibility index (Phi) is 14.5. The van der Waals surface area contributed by atoms with Gasteiger partial charge in [0.1, 0.15) is 0 Å². The molecule has 1 heterocycles. The van der Waals surface area contributed by atoms with Crippen LogP contribution in [-0.2, 0) is 6.42 Å². The van der Waals surface area contributed by atoms with Gasteiger partial charge in [0, 0.05) is 17.3 Å². The van der Waals surface area contributed by atoms with Gasteiger partial charge in [0.05, 0.1) is 0 Å². The molecule has 1 aromatic rings. The van der Waals surface area contributed by atoms with E-state index in [4.69, 9.17) is 4.98 Å². The summed E-state index contributed by atoms with van der Waals surface area (Å²) < 4.78 is 0. The molecule has 0 saturated heterocycles. The van der Waals surface area contributed by atoms with Crippen LogP contribution in [-0.4, -0.2) is 4.98 Å². The number of rotatable bonds is 10. The quantitative estimate of drug-likeness (QED) is 0.413. The smallest absolute Gasteiger partial charge is 0.0437 e. The molecule has 1 nitrogen and oxygen atoms in total. The van der Waals surface area contributed by atoms with Crippen molar-refractivity contribution in [1.29, 1.82) is 0 Å². The second-order valence-corrected chi connectivity index (χ2v) is 6.24. The second kappa shape index (κ2) is 15.1. The largest absolute Gasteiger partial charge is 0.258 e.